The highest BCUT2D eigenvalue weighted by atomic mass is 79.9. The number of hydrogen-bond acceptors (Lipinski definition) is 4. The fraction of sp³-hybridized carbons (Fsp3) is 0.588. The van der Waals surface area contributed by atoms with Crippen LogP contribution in [0, 0.1) is 5.82 Å². The second-order valence-electron chi connectivity index (χ2n) is 6.96. The Morgan fingerprint density at radius 2 is 1.96 bits per heavy atom. The van der Waals surface area contributed by atoms with Gasteiger partial charge in [0.1, 0.15) is 11.4 Å². The summed E-state index contributed by atoms with van der Waals surface area (Å²) in [7, 11) is 0. The first-order valence-electron chi connectivity index (χ1n) is 7.99. The van der Waals surface area contributed by atoms with E-state index in [1.165, 1.54) is 6.07 Å². The lowest BCUT2D eigenvalue weighted by Crippen LogP contribution is -2.50. The van der Waals surface area contributed by atoms with Gasteiger partial charge >= 0.3 is 6.09 Å². The van der Waals surface area contributed by atoms with E-state index in [-0.39, 0.29) is 11.9 Å². The first kappa shape index (κ1) is 19.1. The largest absolute Gasteiger partial charge is 0.444 e. The molecule has 1 aliphatic heterocycles. The third kappa shape index (κ3) is 5.43. The summed E-state index contributed by atoms with van der Waals surface area (Å²) in [4.78, 5) is 15.8. The summed E-state index contributed by atoms with van der Waals surface area (Å²) >= 11 is 3.10. The lowest BCUT2D eigenvalue weighted by molar-refractivity contribution is 0.0101. The fourth-order valence-corrected chi connectivity index (χ4v) is 2.76. The van der Waals surface area contributed by atoms with Crippen LogP contribution >= 0.6 is 15.9 Å². The van der Waals surface area contributed by atoms with Crippen LogP contribution in [0.4, 0.5) is 9.18 Å². The molecule has 1 amide bonds. The summed E-state index contributed by atoms with van der Waals surface area (Å²) in [5.41, 5.74) is 0.0426. The molecular formula is C17H24BrFN2O3. The van der Waals surface area contributed by atoms with Crippen LogP contribution < -0.4 is 0 Å². The number of halogens is 2. The quantitative estimate of drug-likeness (QED) is 0.843. The maximum atomic E-state index is 13.6. The van der Waals surface area contributed by atoms with E-state index in [0.29, 0.717) is 42.8 Å². The molecule has 0 spiro atoms. The number of carbonyl (C=O) groups excluding carboxylic acids is 1. The summed E-state index contributed by atoms with van der Waals surface area (Å²) in [5.74, 6) is -0.388. The van der Waals surface area contributed by atoms with Gasteiger partial charge in [-0.1, -0.05) is 6.07 Å². The Hall–Kier alpha value is -1.18. The molecule has 1 aromatic carbocycles. The van der Waals surface area contributed by atoms with Gasteiger partial charge in [0, 0.05) is 32.7 Å². The smallest absolute Gasteiger partial charge is 0.410 e. The number of β-amino-alcohol motifs (C(OH)–C–C–N with tert-alkyl or cyclic N) is 1. The van der Waals surface area contributed by atoms with Crippen LogP contribution in [-0.2, 0) is 4.74 Å². The zero-order valence-corrected chi connectivity index (χ0v) is 15.8. The SMILES string of the molecule is CC(C)(C)OC(=O)N1CCN(CC(O)c2ccc(Br)c(F)c2)CC1. The lowest BCUT2D eigenvalue weighted by atomic mass is 10.1. The summed E-state index contributed by atoms with van der Waals surface area (Å²) in [6.45, 7) is 8.33. The van der Waals surface area contributed by atoms with Gasteiger partial charge in [0.05, 0.1) is 10.6 Å². The maximum Gasteiger partial charge on any atom is 0.410 e. The van der Waals surface area contributed by atoms with Crippen molar-refractivity contribution in [3.63, 3.8) is 0 Å². The van der Waals surface area contributed by atoms with Crippen molar-refractivity contribution in [1.29, 1.82) is 0 Å². The molecule has 1 N–H and O–H groups in total. The Morgan fingerprint density at radius 1 is 1.33 bits per heavy atom. The molecular weight excluding hydrogens is 379 g/mol. The van der Waals surface area contributed by atoms with Gasteiger partial charge < -0.3 is 14.7 Å². The van der Waals surface area contributed by atoms with E-state index >= 15 is 0 Å². The van der Waals surface area contributed by atoms with Crippen molar-refractivity contribution in [2.24, 2.45) is 0 Å². The molecule has 5 nitrogen and oxygen atoms in total. The van der Waals surface area contributed by atoms with Crippen LogP contribution in [0.2, 0.25) is 0 Å². The van der Waals surface area contributed by atoms with Gasteiger partial charge in [-0.2, -0.15) is 0 Å². The summed E-state index contributed by atoms with van der Waals surface area (Å²) in [6.07, 6.45) is -1.07. The van der Waals surface area contributed by atoms with Crippen LogP contribution in [0.3, 0.4) is 0 Å². The number of piperazine rings is 1. The zero-order chi connectivity index (χ0) is 17.9. The number of amides is 1. The predicted molar refractivity (Wildman–Crippen MR) is 93.3 cm³/mol. The Labute approximate surface area is 150 Å². The number of benzene rings is 1. The lowest BCUT2D eigenvalue weighted by Gasteiger charge is -2.36. The molecule has 1 unspecified atom stereocenters. The van der Waals surface area contributed by atoms with Crippen LogP contribution in [-0.4, -0.2) is 59.3 Å². The Kier molecular flexibility index (Phi) is 6.22. The van der Waals surface area contributed by atoms with Gasteiger partial charge in [-0.15, -0.1) is 0 Å². The first-order chi connectivity index (χ1) is 11.2. The van der Waals surface area contributed by atoms with Crippen LogP contribution in [0.5, 0.6) is 0 Å². The normalized spacial score (nSPS) is 17.7. The van der Waals surface area contributed by atoms with Crippen LogP contribution in [0.25, 0.3) is 0 Å². The van der Waals surface area contributed by atoms with Crippen molar-refractivity contribution < 1.29 is 19.0 Å². The van der Waals surface area contributed by atoms with Crippen molar-refractivity contribution in [3.8, 4) is 0 Å². The summed E-state index contributed by atoms with van der Waals surface area (Å²) in [6, 6.07) is 4.63. The molecule has 1 fully saturated rings. The van der Waals surface area contributed by atoms with Crippen molar-refractivity contribution in [2.75, 3.05) is 32.7 Å². The molecule has 1 aromatic rings. The van der Waals surface area contributed by atoms with Gasteiger partial charge in [-0.05, 0) is 54.4 Å². The van der Waals surface area contributed by atoms with Crippen molar-refractivity contribution in [2.45, 2.75) is 32.5 Å². The number of aliphatic hydroxyl groups is 1. The average Bonchev–Trinajstić information content (AvgIpc) is 2.49. The number of ether oxygens (including phenoxy) is 1. The minimum Gasteiger partial charge on any atom is -0.444 e. The fourth-order valence-electron chi connectivity index (χ4n) is 2.51. The Morgan fingerprint density at radius 3 is 2.50 bits per heavy atom. The molecule has 1 atom stereocenters. The number of carbonyl (C=O) groups is 1. The Bertz CT molecular complexity index is 584. The highest BCUT2D eigenvalue weighted by molar-refractivity contribution is 9.10. The highest BCUT2D eigenvalue weighted by Gasteiger charge is 2.26. The number of rotatable bonds is 3. The Balaban J connectivity index is 1.84. The van der Waals surface area contributed by atoms with E-state index in [4.69, 9.17) is 4.74 Å². The topological polar surface area (TPSA) is 53.0 Å². The number of nitrogens with zero attached hydrogens (tertiary/aromatic N) is 2. The molecule has 24 heavy (non-hydrogen) atoms. The zero-order valence-electron chi connectivity index (χ0n) is 14.3. The third-order valence-corrected chi connectivity index (χ3v) is 4.43. The third-order valence-electron chi connectivity index (χ3n) is 3.78. The van der Waals surface area contributed by atoms with Gasteiger partial charge in [-0.3, -0.25) is 4.90 Å². The highest BCUT2D eigenvalue weighted by Crippen LogP contribution is 2.22. The van der Waals surface area contributed by atoms with Gasteiger partial charge in [0.25, 0.3) is 0 Å². The number of hydrogen-bond donors (Lipinski definition) is 1. The predicted octanol–water partition coefficient (Wildman–Crippen LogP) is 3.17. The number of aliphatic hydroxyl groups excluding tert-OH is 1. The van der Waals surface area contributed by atoms with Crippen LogP contribution in [0.1, 0.15) is 32.4 Å². The van der Waals surface area contributed by atoms with Crippen molar-refractivity contribution in [1.82, 2.24) is 9.80 Å². The van der Waals surface area contributed by atoms with E-state index in [1.807, 2.05) is 20.8 Å². The summed E-state index contributed by atoms with van der Waals surface area (Å²) in [5, 5.41) is 10.3. The molecule has 0 aliphatic carbocycles. The van der Waals surface area contributed by atoms with E-state index in [2.05, 4.69) is 20.8 Å². The van der Waals surface area contributed by atoms with E-state index in [1.54, 1.807) is 17.0 Å². The molecule has 0 radical (unpaired) electrons. The molecule has 134 valence electrons. The standard InChI is InChI=1S/C17H24BrFN2O3/c1-17(2,3)24-16(23)21-8-6-20(7-9-21)11-15(22)12-4-5-13(18)14(19)10-12/h4-5,10,15,22H,6-9,11H2,1-3H3. The molecule has 0 aromatic heterocycles. The second kappa shape index (κ2) is 7.80. The van der Waals surface area contributed by atoms with Gasteiger partial charge in [0.2, 0.25) is 0 Å². The van der Waals surface area contributed by atoms with E-state index < -0.39 is 11.7 Å². The molecule has 7 heteroatoms. The summed E-state index contributed by atoms with van der Waals surface area (Å²) < 4.78 is 19.3. The molecule has 1 heterocycles. The minimum absolute atomic E-state index is 0.308. The van der Waals surface area contributed by atoms with Crippen molar-refractivity contribution in [3.05, 3.63) is 34.1 Å². The maximum absolute atomic E-state index is 13.6. The average molecular weight is 403 g/mol. The minimum atomic E-state index is -0.763. The van der Waals surface area contributed by atoms with Crippen LogP contribution in [0.15, 0.2) is 22.7 Å². The monoisotopic (exact) mass is 402 g/mol. The van der Waals surface area contributed by atoms with Gasteiger partial charge in [0.15, 0.2) is 0 Å². The first-order valence-corrected chi connectivity index (χ1v) is 8.78. The van der Waals surface area contributed by atoms with E-state index in [9.17, 15) is 14.3 Å². The molecule has 2 rings (SSSR count). The van der Waals surface area contributed by atoms with Crippen molar-refractivity contribution >= 4 is 22.0 Å². The molecule has 0 saturated carbocycles. The molecule has 0 bridgehead atoms. The van der Waals surface area contributed by atoms with Gasteiger partial charge in [-0.25, -0.2) is 9.18 Å². The second-order valence-corrected chi connectivity index (χ2v) is 7.81. The molecule has 1 saturated heterocycles. The molecule has 1 aliphatic rings. The van der Waals surface area contributed by atoms with E-state index in [0.717, 1.165) is 0 Å².